The molecule has 112 valence electrons. The lowest BCUT2D eigenvalue weighted by molar-refractivity contribution is 1.10. The van der Waals surface area contributed by atoms with Crippen molar-refractivity contribution in [1.82, 2.24) is 9.97 Å². The Bertz CT molecular complexity index is 622. The van der Waals surface area contributed by atoms with Gasteiger partial charge in [0.25, 0.3) is 0 Å². The fourth-order valence-electron chi connectivity index (χ4n) is 1.22. The van der Waals surface area contributed by atoms with Gasteiger partial charge in [0.05, 0.1) is 17.9 Å². The summed E-state index contributed by atoms with van der Waals surface area (Å²) >= 11 is 29.5. The van der Waals surface area contributed by atoms with Gasteiger partial charge in [-0.1, -0.05) is 11.8 Å². The molecular weight excluding hydrogens is 819 g/mol. The Morgan fingerprint density at radius 3 is 0.952 bits per heavy atom. The molecule has 0 spiro atoms. The highest BCUT2D eigenvalue weighted by Crippen LogP contribution is 2.49. The van der Waals surface area contributed by atoms with Gasteiger partial charge in [-0.25, -0.2) is 9.97 Å². The van der Waals surface area contributed by atoms with Gasteiger partial charge in [-0.3, -0.25) is 0 Å². The van der Waals surface area contributed by atoms with Crippen LogP contribution in [0.4, 0.5) is 0 Å². The molecule has 11 heteroatoms. The third kappa shape index (κ3) is 4.37. The second kappa shape index (κ2) is 8.25. The molecule has 0 bridgehead atoms. The topological polar surface area (TPSA) is 25.8 Å². The van der Waals surface area contributed by atoms with E-state index in [1.807, 2.05) is 0 Å². The summed E-state index contributed by atoms with van der Waals surface area (Å²) < 4.78 is 6.35. The zero-order valence-corrected chi connectivity index (χ0v) is 22.8. The van der Waals surface area contributed by atoms with Crippen molar-refractivity contribution in [3.8, 4) is 0 Å². The highest BCUT2D eigenvalue weighted by Gasteiger charge is 2.20. The molecule has 2 aromatic rings. The lowest BCUT2D eigenvalue weighted by Crippen LogP contribution is -1.91. The van der Waals surface area contributed by atoms with Crippen LogP contribution in [-0.2, 0) is 0 Å². The molecule has 0 saturated heterocycles. The summed E-state index contributed by atoms with van der Waals surface area (Å²) in [6.07, 6.45) is 0. The average molecular weight is 819 g/mol. The summed E-state index contributed by atoms with van der Waals surface area (Å²) in [5, 5.41) is 0. The molecule has 0 unspecified atom stereocenters. The molecule has 21 heavy (non-hydrogen) atoms. The standard InChI is InChI=1S/C10Br8N2S/c11-1-5(2(12)8(16)19-7(1)15)21-6-3(13)9(17)20-10(18)4(6)14. The molecule has 0 aromatic carbocycles. The monoisotopic (exact) mass is 811 g/mol. The molecule has 0 fully saturated rings. The van der Waals surface area contributed by atoms with Crippen molar-refractivity contribution in [1.29, 1.82) is 0 Å². The van der Waals surface area contributed by atoms with Gasteiger partial charge in [-0.05, 0) is 127 Å². The highest BCUT2D eigenvalue weighted by atomic mass is 79.9. The van der Waals surface area contributed by atoms with E-state index in [4.69, 9.17) is 0 Å². The first-order valence-corrected chi connectivity index (χ1v) is 12.0. The second-order valence-corrected chi connectivity index (χ2v) is 10.6. The molecule has 0 saturated carbocycles. The predicted octanol–water partition coefficient (Wildman–Crippen LogP) is 8.73. The molecule has 2 rings (SSSR count). The number of aromatic nitrogens is 2. The van der Waals surface area contributed by atoms with Gasteiger partial charge in [-0.15, -0.1) is 0 Å². The van der Waals surface area contributed by atoms with Crippen LogP contribution in [0, 0.1) is 0 Å². The van der Waals surface area contributed by atoms with E-state index in [9.17, 15) is 0 Å². The molecule has 2 heterocycles. The summed E-state index contributed by atoms with van der Waals surface area (Å²) in [6.45, 7) is 0. The molecule has 0 radical (unpaired) electrons. The van der Waals surface area contributed by atoms with Gasteiger partial charge in [0.2, 0.25) is 0 Å². The van der Waals surface area contributed by atoms with Crippen molar-refractivity contribution in [2.24, 2.45) is 0 Å². The molecular formula is C10Br8N2S. The van der Waals surface area contributed by atoms with E-state index in [2.05, 4.69) is 137 Å². The Hall–Kier alpha value is 2.49. The van der Waals surface area contributed by atoms with E-state index in [0.717, 1.165) is 46.1 Å². The van der Waals surface area contributed by atoms with Gasteiger partial charge in [0.15, 0.2) is 0 Å². The molecule has 2 nitrogen and oxygen atoms in total. The minimum absolute atomic E-state index is 0.722. The van der Waals surface area contributed by atoms with Crippen LogP contribution in [0.5, 0.6) is 0 Å². The van der Waals surface area contributed by atoms with Gasteiger partial charge in [-0.2, -0.15) is 0 Å². The SMILES string of the molecule is Brc1nc(Br)c(Br)c(Sc2c(Br)c(Br)nc(Br)c2Br)c1Br. The van der Waals surface area contributed by atoms with Crippen molar-refractivity contribution < 1.29 is 0 Å². The first kappa shape index (κ1) is 19.8. The molecule has 2 aromatic heterocycles. The van der Waals surface area contributed by atoms with Gasteiger partial charge < -0.3 is 0 Å². The van der Waals surface area contributed by atoms with E-state index in [-0.39, 0.29) is 0 Å². The Labute approximate surface area is 192 Å². The smallest absolute Gasteiger partial charge is 0.122 e. The Kier molecular flexibility index (Phi) is 7.78. The van der Waals surface area contributed by atoms with E-state index in [0.29, 0.717) is 0 Å². The van der Waals surface area contributed by atoms with Crippen molar-refractivity contribution in [2.75, 3.05) is 0 Å². The number of hydrogen-bond donors (Lipinski definition) is 0. The summed E-state index contributed by atoms with van der Waals surface area (Å²) in [4.78, 5) is 10.6. The van der Waals surface area contributed by atoms with Crippen molar-refractivity contribution >= 4 is 139 Å². The number of rotatable bonds is 2. The van der Waals surface area contributed by atoms with Gasteiger partial charge in [0, 0.05) is 9.79 Å². The number of halogens is 8. The van der Waals surface area contributed by atoms with Crippen molar-refractivity contribution in [3.63, 3.8) is 0 Å². The van der Waals surface area contributed by atoms with Crippen LogP contribution >= 0.6 is 139 Å². The summed E-state index contributed by atoms with van der Waals surface area (Å²) in [5.74, 6) is 0. The minimum atomic E-state index is 0.722. The molecule has 0 N–H and O–H groups in total. The van der Waals surface area contributed by atoms with Crippen LogP contribution in [0.3, 0.4) is 0 Å². The molecule has 0 aliphatic carbocycles. The maximum absolute atomic E-state index is 4.33. The quantitative estimate of drug-likeness (QED) is 0.284. The summed E-state index contributed by atoms with van der Waals surface area (Å²) in [7, 11) is 0. The van der Waals surface area contributed by atoms with E-state index in [1.54, 1.807) is 11.8 Å². The lowest BCUT2D eigenvalue weighted by atomic mass is 10.5. The van der Waals surface area contributed by atoms with Crippen molar-refractivity contribution in [3.05, 3.63) is 36.3 Å². The fourth-order valence-corrected chi connectivity index (χ4v) is 7.32. The highest BCUT2D eigenvalue weighted by molar-refractivity contribution is 9.14. The minimum Gasteiger partial charge on any atom is -0.232 e. The van der Waals surface area contributed by atoms with Crippen LogP contribution in [0.15, 0.2) is 46.1 Å². The Morgan fingerprint density at radius 2 is 0.714 bits per heavy atom. The fraction of sp³-hybridized carbons (Fsp3) is 0. The summed E-state index contributed by atoms with van der Waals surface area (Å²) in [5.41, 5.74) is 0. The van der Waals surface area contributed by atoms with E-state index in [1.165, 1.54) is 0 Å². The first-order valence-electron chi connectivity index (χ1n) is 4.81. The summed E-state index contributed by atoms with van der Waals surface area (Å²) in [6, 6.07) is 0. The third-order valence-corrected chi connectivity index (χ3v) is 11.9. The lowest BCUT2D eigenvalue weighted by Gasteiger charge is -2.13. The molecule has 0 atom stereocenters. The van der Waals surface area contributed by atoms with Crippen LogP contribution in [0.1, 0.15) is 0 Å². The van der Waals surface area contributed by atoms with E-state index < -0.39 is 0 Å². The maximum Gasteiger partial charge on any atom is 0.122 e. The molecule has 0 aliphatic heterocycles. The van der Waals surface area contributed by atoms with Gasteiger partial charge in [0.1, 0.15) is 18.4 Å². The Balaban J connectivity index is 2.64. The van der Waals surface area contributed by atoms with E-state index >= 15 is 0 Å². The second-order valence-electron chi connectivity index (χ2n) is 3.40. The van der Waals surface area contributed by atoms with Crippen LogP contribution < -0.4 is 0 Å². The average Bonchev–Trinajstić information content (AvgIpc) is 2.42. The number of pyridine rings is 2. The van der Waals surface area contributed by atoms with Crippen LogP contribution in [0.25, 0.3) is 0 Å². The van der Waals surface area contributed by atoms with Crippen LogP contribution in [0.2, 0.25) is 0 Å². The van der Waals surface area contributed by atoms with Gasteiger partial charge >= 0.3 is 0 Å². The number of nitrogens with zero attached hydrogens (tertiary/aromatic N) is 2. The normalized spacial score (nSPS) is 11.0. The zero-order valence-electron chi connectivity index (χ0n) is 9.33. The van der Waals surface area contributed by atoms with Crippen LogP contribution in [-0.4, -0.2) is 9.97 Å². The predicted molar refractivity (Wildman–Crippen MR) is 114 cm³/mol. The molecule has 0 aliphatic rings. The first-order chi connectivity index (χ1) is 9.73. The number of hydrogen-bond acceptors (Lipinski definition) is 3. The Morgan fingerprint density at radius 1 is 0.476 bits per heavy atom. The zero-order chi connectivity index (χ0) is 15.9. The largest absolute Gasteiger partial charge is 0.232 e. The third-order valence-electron chi connectivity index (χ3n) is 2.12. The molecule has 0 amide bonds. The van der Waals surface area contributed by atoms with Crippen molar-refractivity contribution in [2.45, 2.75) is 9.79 Å². The maximum atomic E-state index is 4.33.